The molecule has 1 aromatic heterocycles. The van der Waals surface area contributed by atoms with Crippen LogP contribution in [0.3, 0.4) is 0 Å². The third-order valence-electron chi connectivity index (χ3n) is 1.56. The van der Waals surface area contributed by atoms with Crippen LogP contribution in [0.5, 0.6) is 0 Å². The molecule has 0 aliphatic carbocycles. The van der Waals surface area contributed by atoms with E-state index in [1.807, 2.05) is 0 Å². The molecule has 55 valence electrons. The average molecular weight is 273 g/mol. The van der Waals surface area contributed by atoms with Gasteiger partial charge in [-0.2, -0.15) is 0 Å². The molecule has 2 rings (SSSR count). The Hall–Kier alpha value is -0.0900. The maximum Gasteiger partial charge on any atom is 0.0356 e. The van der Waals surface area contributed by atoms with Crippen molar-refractivity contribution in [3.63, 3.8) is 0 Å². The van der Waals surface area contributed by atoms with Gasteiger partial charge in [0.15, 0.2) is 0 Å². The van der Waals surface area contributed by atoms with Gasteiger partial charge in [-0.05, 0) is 47.7 Å². The molecule has 0 saturated heterocycles. The van der Waals surface area contributed by atoms with Gasteiger partial charge < -0.3 is 0 Å². The lowest BCUT2D eigenvalue weighted by Crippen LogP contribution is -1.68. The fourth-order valence-electron chi connectivity index (χ4n) is 1.08. The van der Waals surface area contributed by atoms with Gasteiger partial charge >= 0.3 is 0 Å². The van der Waals surface area contributed by atoms with Crippen LogP contribution in [0, 0.1) is 10.5 Å². The molecule has 1 aromatic carbocycles. The first-order valence-corrected chi connectivity index (χ1v) is 5.17. The van der Waals surface area contributed by atoms with Gasteiger partial charge in [0, 0.05) is 18.5 Å². The minimum absolute atomic E-state index is 1.14. The fourth-order valence-corrected chi connectivity index (χ4v) is 2.80. The summed E-state index contributed by atoms with van der Waals surface area (Å²) >= 11 is 4.10. The predicted molar refractivity (Wildman–Crippen MR) is 59.0 cm³/mol. The molecule has 0 amide bonds. The van der Waals surface area contributed by atoms with Crippen LogP contribution < -0.4 is 0 Å². The summed E-state index contributed by atoms with van der Waals surface area (Å²) in [5, 5.41) is 1.34. The van der Waals surface area contributed by atoms with E-state index in [1.54, 1.807) is 11.3 Å². The molecule has 0 nitrogen and oxygen atoms in total. The molecule has 2 aromatic rings. The Morgan fingerprint density at radius 2 is 2.18 bits per heavy atom. The number of thiophene rings is 1. The molecule has 11 heavy (non-hydrogen) atoms. The molecule has 0 spiro atoms. The van der Waals surface area contributed by atoms with Crippen molar-refractivity contribution < 1.29 is 0 Å². The van der Waals surface area contributed by atoms with Gasteiger partial charge in [-0.3, -0.25) is 0 Å². The maximum atomic E-state index is 3.91. The van der Waals surface area contributed by atoms with Gasteiger partial charge in [-0.25, -0.2) is 0 Å². The van der Waals surface area contributed by atoms with Gasteiger partial charge in [0.05, 0.1) is 0 Å². The standard InChI is InChI=1S/C9H6IS/c1-6-5-7-8(10)3-2-4-9(7)11-6/h2-5H,1H2. The van der Waals surface area contributed by atoms with Crippen LogP contribution >= 0.6 is 33.9 Å². The maximum absolute atomic E-state index is 3.91. The van der Waals surface area contributed by atoms with E-state index in [0.717, 1.165) is 4.88 Å². The van der Waals surface area contributed by atoms with Gasteiger partial charge in [0.2, 0.25) is 0 Å². The second-order valence-electron chi connectivity index (χ2n) is 2.36. The molecule has 0 saturated carbocycles. The zero-order valence-electron chi connectivity index (χ0n) is 5.80. The Morgan fingerprint density at radius 1 is 1.36 bits per heavy atom. The van der Waals surface area contributed by atoms with E-state index in [-0.39, 0.29) is 0 Å². The summed E-state index contributed by atoms with van der Waals surface area (Å²) in [5.74, 6) is 0. The first-order chi connectivity index (χ1) is 5.27. The molecule has 0 aliphatic rings. The van der Waals surface area contributed by atoms with Crippen LogP contribution in [0.2, 0.25) is 0 Å². The quantitative estimate of drug-likeness (QED) is 0.642. The number of rotatable bonds is 0. The summed E-state index contributed by atoms with van der Waals surface area (Å²) in [6.07, 6.45) is 0. The molecule has 0 fully saturated rings. The van der Waals surface area contributed by atoms with Crippen LogP contribution in [0.4, 0.5) is 0 Å². The number of hydrogen-bond donors (Lipinski definition) is 0. The zero-order chi connectivity index (χ0) is 7.84. The Bertz CT molecular complexity index is 389. The van der Waals surface area contributed by atoms with Crippen LogP contribution in [-0.2, 0) is 0 Å². The van der Waals surface area contributed by atoms with E-state index in [9.17, 15) is 0 Å². The van der Waals surface area contributed by atoms with E-state index >= 15 is 0 Å². The van der Waals surface area contributed by atoms with E-state index < -0.39 is 0 Å². The van der Waals surface area contributed by atoms with Gasteiger partial charge in [0.25, 0.3) is 0 Å². The Morgan fingerprint density at radius 3 is 2.91 bits per heavy atom. The lowest BCUT2D eigenvalue weighted by atomic mass is 10.2. The monoisotopic (exact) mass is 273 g/mol. The normalized spacial score (nSPS) is 10.7. The van der Waals surface area contributed by atoms with Crippen molar-refractivity contribution in [2.75, 3.05) is 0 Å². The first kappa shape index (κ1) is 7.55. The first-order valence-electron chi connectivity index (χ1n) is 3.27. The highest BCUT2D eigenvalue weighted by Gasteiger charge is 1.99. The molecule has 0 atom stereocenters. The lowest BCUT2D eigenvalue weighted by Gasteiger charge is -1.89. The predicted octanol–water partition coefficient (Wildman–Crippen LogP) is 3.69. The van der Waals surface area contributed by atoms with Crippen molar-refractivity contribution in [2.45, 2.75) is 0 Å². The van der Waals surface area contributed by atoms with Crippen LogP contribution in [0.15, 0.2) is 24.3 Å². The highest BCUT2D eigenvalue weighted by molar-refractivity contribution is 14.1. The van der Waals surface area contributed by atoms with Gasteiger partial charge in [-0.1, -0.05) is 6.07 Å². The second kappa shape index (κ2) is 2.75. The molecule has 1 radical (unpaired) electrons. The lowest BCUT2D eigenvalue weighted by molar-refractivity contribution is 1.77. The minimum atomic E-state index is 1.14. The highest BCUT2D eigenvalue weighted by atomic mass is 127. The topological polar surface area (TPSA) is 0 Å². The summed E-state index contributed by atoms with van der Waals surface area (Å²) in [6.45, 7) is 3.91. The average Bonchev–Trinajstić information content (AvgIpc) is 2.31. The van der Waals surface area contributed by atoms with Crippen molar-refractivity contribution in [1.82, 2.24) is 0 Å². The fraction of sp³-hybridized carbons (Fsp3) is 0. The molecular weight excluding hydrogens is 267 g/mol. The molecular formula is C9H6IS. The van der Waals surface area contributed by atoms with Gasteiger partial charge in [0.1, 0.15) is 0 Å². The molecule has 0 aliphatic heterocycles. The van der Waals surface area contributed by atoms with Crippen LogP contribution in [0.1, 0.15) is 4.88 Å². The second-order valence-corrected chi connectivity index (χ2v) is 4.69. The Labute approximate surface area is 83.4 Å². The minimum Gasteiger partial charge on any atom is -0.140 e. The third-order valence-corrected chi connectivity index (χ3v) is 3.46. The molecule has 0 bridgehead atoms. The summed E-state index contributed by atoms with van der Waals surface area (Å²) in [7, 11) is 0. The van der Waals surface area contributed by atoms with Crippen molar-refractivity contribution >= 4 is 44.0 Å². The zero-order valence-corrected chi connectivity index (χ0v) is 8.78. The summed E-state index contributed by atoms with van der Waals surface area (Å²) < 4.78 is 2.65. The van der Waals surface area contributed by atoms with Crippen molar-refractivity contribution in [3.05, 3.63) is 39.6 Å². The third kappa shape index (κ3) is 1.29. The van der Waals surface area contributed by atoms with E-state index in [0.29, 0.717) is 0 Å². The van der Waals surface area contributed by atoms with Crippen molar-refractivity contribution in [3.8, 4) is 0 Å². The molecule has 0 unspecified atom stereocenters. The largest absolute Gasteiger partial charge is 0.140 e. The Kier molecular flexibility index (Phi) is 1.89. The van der Waals surface area contributed by atoms with E-state index in [2.05, 4.69) is 53.8 Å². The number of halogens is 1. The van der Waals surface area contributed by atoms with Gasteiger partial charge in [-0.15, -0.1) is 11.3 Å². The number of benzene rings is 1. The Balaban J connectivity index is 2.90. The summed E-state index contributed by atoms with van der Waals surface area (Å²) in [4.78, 5) is 1.14. The SMILES string of the molecule is [CH2]c1cc2c(I)cccc2s1. The van der Waals surface area contributed by atoms with Crippen LogP contribution in [-0.4, -0.2) is 0 Å². The van der Waals surface area contributed by atoms with Crippen LogP contribution in [0.25, 0.3) is 10.1 Å². The molecule has 2 heteroatoms. The number of fused-ring (bicyclic) bond motifs is 1. The van der Waals surface area contributed by atoms with Crippen molar-refractivity contribution in [2.24, 2.45) is 0 Å². The van der Waals surface area contributed by atoms with E-state index in [1.165, 1.54) is 13.7 Å². The summed E-state index contributed by atoms with van der Waals surface area (Å²) in [5.41, 5.74) is 0. The molecule has 0 N–H and O–H groups in total. The highest BCUT2D eigenvalue weighted by Crippen LogP contribution is 2.28. The van der Waals surface area contributed by atoms with E-state index in [4.69, 9.17) is 0 Å². The molecule has 1 heterocycles. The smallest absolute Gasteiger partial charge is 0.0356 e. The number of hydrogen-bond acceptors (Lipinski definition) is 1. The van der Waals surface area contributed by atoms with Crippen molar-refractivity contribution in [1.29, 1.82) is 0 Å². The summed E-state index contributed by atoms with van der Waals surface area (Å²) in [6, 6.07) is 8.48.